The summed E-state index contributed by atoms with van der Waals surface area (Å²) in [6.07, 6.45) is -0.917. The summed E-state index contributed by atoms with van der Waals surface area (Å²) in [5.74, 6) is -1.28. The lowest BCUT2D eigenvalue weighted by atomic mass is 10.1. The number of rotatable bonds is 3. The molecule has 1 aromatic rings. The molecule has 1 aromatic heterocycles. The maximum atomic E-state index is 11.7. The highest BCUT2D eigenvalue weighted by Crippen LogP contribution is 2.30. The van der Waals surface area contributed by atoms with Crippen LogP contribution in [-0.4, -0.2) is 32.8 Å². The minimum absolute atomic E-state index is 0.0341. The van der Waals surface area contributed by atoms with Crippen molar-refractivity contribution in [3.8, 4) is 0 Å². The lowest BCUT2D eigenvalue weighted by Gasteiger charge is -2.14. The standard InChI is InChI=1S/C10H11N5O5/c1-4-3-15(10(19)12-8(4)16)6-2-5(13-14-11)7(20-6)9(17)18/h3,5-7H,2H2,1H3,(H,17,18)(H,12,16,19)/t5-,6+,7-/m0/s1. The summed E-state index contributed by atoms with van der Waals surface area (Å²) in [6.45, 7) is 1.50. The molecule has 2 rings (SSSR count). The Kier molecular flexibility index (Phi) is 3.59. The Balaban J connectivity index is 2.38. The number of nitrogens with one attached hydrogen (secondary N) is 1. The van der Waals surface area contributed by atoms with Crippen LogP contribution in [-0.2, 0) is 9.53 Å². The minimum atomic E-state index is -1.32. The number of azide groups is 1. The van der Waals surface area contributed by atoms with Crippen molar-refractivity contribution in [3.05, 3.63) is 43.0 Å². The Labute approximate surface area is 111 Å². The maximum absolute atomic E-state index is 11.7. The summed E-state index contributed by atoms with van der Waals surface area (Å²) in [5, 5.41) is 12.3. The molecule has 10 heteroatoms. The van der Waals surface area contributed by atoms with E-state index in [1.807, 2.05) is 0 Å². The van der Waals surface area contributed by atoms with E-state index in [-0.39, 0.29) is 12.0 Å². The number of carbonyl (C=O) groups is 1. The van der Waals surface area contributed by atoms with E-state index in [4.69, 9.17) is 15.4 Å². The largest absolute Gasteiger partial charge is 0.479 e. The van der Waals surface area contributed by atoms with Crippen LogP contribution in [0.5, 0.6) is 0 Å². The van der Waals surface area contributed by atoms with E-state index >= 15 is 0 Å². The molecule has 106 valence electrons. The number of hydrogen-bond donors (Lipinski definition) is 2. The first-order chi connectivity index (χ1) is 9.43. The molecule has 0 unspecified atom stereocenters. The van der Waals surface area contributed by atoms with Crippen LogP contribution in [0.4, 0.5) is 0 Å². The summed E-state index contributed by atoms with van der Waals surface area (Å²) >= 11 is 0. The van der Waals surface area contributed by atoms with Gasteiger partial charge in [-0.1, -0.05) is 5.11 Å². The van der Waals surface area contributed by atoms with Gasteiger partial charge in [-0.2, -0.15) is 0 Å². The molecule has 0 radical (unpaired) electrons. The molecule has 2 heterocycles. The second-order valence-electron chi connectivity index (χ2n) is 4.34. The van der Waals surface area contributed by atoms with E-state index in [1.165, 1.54) is 13.1 Å². The van der Waals surface area contributed by atoms with Crippen molar-refractivity contribution in [1.29, 1.82) is 0 Å². The van der Waals surface area contributed by atoms with Gasteiger partial charge in [0.15, 0.2) is 6.10 Å². The molecule has 1 saturated heterocycles. The SMILES string of the molecule is Cc1cn([C@H]2C[C@H](N=[N+]=[N-])[C@@H](C(=O)O)O2)c(=O)[nH]c1=O. The average molecular weight is 281 g/mol. The number of ether oxygens (including phenoxy) is 1. The molecular formula is C10H11N5O5. The zero-order valence-electron chi connectivity index (χ0n) is 10.4. The van der Waals surface area contributed by atoms with Crippen molar-refractivity contribution in [2.45, 2.75) is 31.7 Å². The van der Waals surface area contributed by atoms with Crippen molar-refractivity contribution in [1.82, 2.24) is 9.55 Å². The van der Waals surface area contributed by atoms with Gasteiger partial charge in [-0.05, 0) is 12.5 Å². The molecule has 3 atom stereocenters. The van der Waals surface area contributed by atoms with E-state index < -0.39 is 35.6 Å². The van der Waals surface area contributed by atoms with Crippen LogP contribution >= 0.6 is 0 Å². The predicted octanol–water partition coefficient (Wildman–Crippen LogP) is -0.104. The molecule has 1 aliphatic rings. The van der Waals surface area contributed by atoms with E-state index in [0.717, 1.165) is 4.57 Å². The van der Waals surface area contributed by atoms with Gasteiger partial charge < -0.3 is 9.84 Å². The number of carboxylic acids is 1. The molecule has 0 saturated carbocycles. The Morgan fingerprint density at radius 2 is 2.35 bits per heavy atom. The molecular weight excluding hydrogens is 270 g/mol. The molecule has 1 fully saturated rings. The van der Waals surface area contributed by atoms with Gasteiger partial charge >= 0.3 is 11.7 Å². The molecule has 0 bridgehead atoms. The fourth-order valence-electron chi connectivity index (χ4n) is 2.02. The van der Waals surface area contributed by atoms with Crippen molar-refractivity contribution in [2.75, 3.05) is 0 Å². The molecule has 0 aromatic carbocycles. The number of H-pyrrole nitrogens is 1. The van der Waals surface area contributed by atoms with Crippen LogP contribution in [0.25, 0.3) is 10.4 Å². The summed E-state index contributed by atoms with van der Waals surface area (Å²) < 4.78 is 6.31. The van der Waals surface area contributed by atoms with Crippen LogP contribution in [0.1, 0.15) is 18.2 Å². The monoisotopic (exact) mass is 281 g/mol. The van der Waals surface area contributed by atoms with Gasteiger partial charge in [-0.15, -0.1) is 0 Å². The number of aliphatic carboxylic acids is 1. The fourth-order valence-corrected chi connectivity index (χ4v) is 2.02. The predicted molar refractivity (Wildman–Crippen MR) is 65.2 cm³/mol. The number of hydrogen-bond acceptors (Lipinski definition) is 5. The summed E-state index contributed by atoms with van der Waals surface area (Å²) in [4.78, 5) is 38.7. The highest BCUT2D eigenvalue weighted by atomic mass is 16.5. The molecule has 0 amide bonds. The average Bonchev–Trinajstić information content (AvgIpc) is 2.78. The van der Waals surface area contributed by atoms with Crippen molar-refractivity contribution < 1.29 is 14.6 Å². The van der Waals surface area contributed by atoms with Gasteiger partial charge in [0.25, 0.3) is 5.56 Å². The number of nitrogens with zero attached hydrogens (tertiary/aromatic N) is 4. The van der Waals surface area contributed by atoms with Gasteiger partial charge in [0.05, 0.1) is 6.04 Å². The maximum Gasteiger partial charge on any atom is 0.333 e. The Morgan fingerprint density at radius 1 is 1.65 bits per heavy atom. The number of aromatic nitrogens is 2. The fraction of sp³-hybridized carbons (Fsp3) is 0.500. The van der Waals surface area contributed by atoms with E-state index in [0.29, 0.717) is 0 Å². The highest BCUT2D eigenvalue weighted by molar-refractivity contribution is 5.73. The van der Waals surface area contributed by atoms with Gasteiger partial charge in [0, 0.05) is 23.1 Å². The molecule has 10 nitrogen and oxygen atoms in total. The highest BCUT2D eigenvalue weighted by Gasteiger charge is 2.40. The van der Waals surface area contributed by atoms with Crippen LogP contribution in [0, 0.1) is 6.92 Å². The number of aryl methyl sites for hydroxylation is 1. The number of aromatic amines is 1. The normalized spacial score (nSPS) is 25.1. The van der Waals surface area contributed by atoms with Crippen LogP contribution in [0.3, 0.4) is 0 Å². The van der Waals surface area contributed by atoms with Crippen molar-refractivity contribution >= 4 is 5.97 Å². The zero-order chi connectivity index (χ0) is 14.9. The molecule has 1 aliphatic heterocycles. The number of carboxylic acid groups (broad SMARTS) is 1. The topological polar surface area (TPSA) is 150 Å². The van der Waals surface area contributed by atoms with E-state index in [2.05, 4.69) is 15.0 Å². The molecule has 0 spiro atoms. The molecule has 0 aliphatic carbocycles. The molecule has 20 heavy (non-hydrogen) atoms. The second-order valence-corrected chi connectivity index (χ2v) is 4.34. The third-order valence-electron chi connectivity index (χ3n) is 3.00. The van der Waals surface area contributed by atoms with Gasteiger partial charge in [-0.3, -0.25) is 14.3 Å². The smallest absolute Gasteiger partial charge is 0.333 e. The first kappa shape index (κ1) is 13.8. The summed E-state index contributed by atoms with van der Waals surface area (Å²) in [7, 11) is 0. The van der Waals surface area contributed by atoms with Crippen LogP contribution in [0.15, 0.2) is 20.9 Å². The van der Waals surface area contributed by atoms with Gasteiger partial charge in [0.2, 0.25) is 0 Å². The van der Waals surface area contributed by atoms with Crippen LogP contribution < -0.4 is 11.2 Å². The Hall–Kier alpha value is -2.58. The summed E-state index contributed by atoms with van der Waals surface area (Å²) in [6, 6.07) is -0.915. The van der Waals surface area contributed by atoms with Crippen molar-refractivity contribution in [2.24, 2.45) is 5.11 Å². The van der Waals surface area contributed by atoms with E-state index in [9.17, 15) is 14.4 Å². The van der Waals surface area contributed by atoms with Crippen molar-refractivity contribution in [3.63, 3.8) is 0 Å². The van der Waals surface area contributed by atoms with Crippen LogP contribution in [0.2, 0.25) is 0 Å². The first-order valence-corrected chi connectivity index (χ1v) is 5.68. The Bertz CT molecular complexity index is 691. The third kappa shape index (κ3) is 2.42. The summed E-state index contributed by atoms with van der Waals surface area (Å²) in [5.41, 5.74) is 7.46. The minimum Gasteiger partial charge on any atom is -0.479 e. The lowest BCUT2D eigenvalue weighted by Crippen LogP contribution is -2.34. The Morgan fingerprint density at radius 3 is 2.95 bits per heavy atom. The van der Waals surface area contributed by atoms with Gasteiger partial charge in [-0.25, -0.2) is 9.59 Å². The molecule has 2 N–H and O–H groups in total. The third-order valence-corrected chi connectivity index (χ3v) is 3.00. The van der Waals surface area contributed by atoms with E-state index in [1.54, 1.807) is 0 Å². The zero-order valence-corrected chi connectivity index (χ0v) is 10.4. The quantitative estimate of drug-likeness (QED) is 0.450. The van der Waals surface area contributed by atoms with Gasteiger partial charge in [0.1, 0.15) is 6.23 Å². The second kappa shape index (κ2) is 5.19. The first-order valence-electron chi connectivity index (χ1n) is 5.68. The lowest BCUT2D eigenvalue weighted by molar-refractivity contribution is -0.152.